The van der Waals surface area contributed by atoms with Gasteiger partial charge in [-0.05, 0) is 31.3 Å². The van der Waals surface area contributed by atoms with E-state index >= 15 is 0 Å². The van der Waals surface area contributed by atoms with Gasteiger partial charge in [-0.2, -0.15) is 0 Å². The van der Waals surface area contributed by atoms with Crippen LogP contribution in [-0.2, 0) is 4.79 Å². The molecule has 0 aliphatic rings. The first-order chi connectivity index (χ1) is 9.49. The molecule has 1 rings (SSSR count). The lowest BCUT2D eigenvalue weighted by molar-refractivity contribution is -0.120. The normalized spacial score (nSPS) is 12.6. The summed E-state index contributed by atoms with van der Waals surface area (Å²) in [6, 6.07) is 2.57. The van der Waals surface area contributed by atoms with Crippen LogP contribution in [0.5, 0.6) is 5.75 Å². The number of aromatic hydroxyl groups is 1. The van der Waals surface area contributed by atoms with Crippen LogP contribution in [0.3, 0.4) is 0 Å². The number of carbonyl (C=O) groups excluding carboxylic acids is 1. The fourth-order valence-electron chi connectivity index (χ4n) is 2.03. The fraction of sp³-hybridized carbons (Fsp3) is 0.500. The minimum absolute atomic E-state index is 0.148. The largest absolute Gasteiger partial charge is 0.508 e. The van der Waals surface area contributed by atoms with Crippen LogP contribution < -0.4 is 11.1 Å². The molecule has 4 N–H and O–H groups in total. The van der Waals surface area contributed by atoms with Crippen molar-refractivity contribution in [1.82, 2.24) is 10.2 Å². The van der Waals surface area contributed by atoms with Crippen molar-refractivity contribution in [3.05, 3.63) is 29.6 Å². The van der Waals surface area contributed by atoms with Gasteiger partial charge in [0.25, 0.3) is 0 Å². The molecule has 0 aromatic heterocycles. The summed E-state index contributed by atoms with van der Waals surface area (Å²) < 4.78 is 13.2. The quantitative estimate of drug-likeness (QED) is 0.665. The van der Waals surface area contributed by atoms with Gasteiger partial charge >= 0.3 is 0 Å². The number of hydrogen-bond donors (Lipinski definition) is 3. The fourth-order valence-corrected chi connectivity index (χ4v) is 2.03. The molecule has 0 bridgehead atoms. The van der Waals surface area contributed by atoms with Gasteiger partial charge in [0.1, 0.15) is 17.6 Å². The van der Waals surface area contributed by atoms with Crippen LogP contribution >= 0.6 is 0 Å². The van der Waals surface area contributed by atoms with E-state index in [-0.39, 0.29) is 11.3 Å². The van der Waals surface area contributed by atoms with E-state index in [0.717, 1.165) is 31.8 Å². The first-order valence-electron chi connectivity index (χ1n) is 6.73. The lowest BCUT2D eigenvalue weighted by Gasteiger charge is -2.21. The zero-order valence-corrected chi connectivity index (χ0v) is 11.9. The summed E-state index contributed by atoms with van der Waals surface area (Å²) in [5.41, 5.74) is 5.48. The molecule has 1 unspecified atom stereocenters. The summed E-state index contributed by atoms with van der Waals surface area (Å²) in [5.74, 6) is -1.31. The second-order valence-corrected chi connectivity index (χ2v) is 4.52. The van der Waals surface area contributed by atoms with Crippen molar-refractivity contribution in [3.63, 3.8) is 0 Å². The molecule has 0 aliphatic carbocycles. The summed E-state index contributed by atoms with van der Waals surface area (Å²) in [6.45, 7) is 7.17. The van der Waals surface area contributed by atoms with Gasteiger partial charge in [-0.3, -0.25) is 4.79 Å². The molecule has 0 radical (unpaired) electrons. The highest BCUT2D eigenvalue weighted by molar-refractivity contribution is 5.82. The van der Waals surface area contributed by atoms with E-state index in [2.05, 4.69) is 10.2 Å². The topological polar surface area (TPSA) is 78.6 Å². The first-order valence-corrected chi connectivity index (χ1v) is 6.73. The molecule has 1 atom stereocenters. The van der Waals surface area contributed by atoms with Gasteiger partial charge in [0.05, 0.1) is 0 Å². The van der Waals surface area contributed by atoms with Crippen LogP contribution in [0.1, 0.15) is 25.5 Å². The smallest absolute Gasteiger partial charge is 0.239 e. The van der Waals surface area contributed by atoms with Crippen molar-refractivity contribution in [3.8, 4) is 5.75 Å². The Kier molecular flexibility index (Phi) is 6.41. The SMILES string of the molecule is CCN(CC)CCNC(C(N)=O)c1cc(F)ccc1O. The highest BCUT2D eigenvalue weighted by Gasteiger charge is 2.21. The molecule has 20 heavy (non-hydrogen) atoms. The molecule has 6 heteroatoms. The van der Waals surface area contributed by atoms with Gasteiger partial charge in [0.2, 0.25) is 5.91 Å². The van der Waals surface area contributed by atoms with E-state index in [4.69, 9.17) is 5.73 Å². The molecule has 0 heterocycles. The maximum Gasteiger partial charge on any atom is 0.239 e. The molecular formula is C14H22FN3O2. The Hall–Kier alpha value is -1.66. The van der Waals surface area contributed by atoms with Crippen molar-refractivity contribution in [2.75, 3.05) is 26.2 Å². The van der Waals surface area contributed by atoms with Gasteiger partial charge in [-0.15, -0.1) is 0 Å². The first kappa shape index (κ1) is 16.4. The number of halogens is 1. The van der Waals surface area contributed by atoms with Crippen molar-refractivity contribution in [2.45, 2.75) is 19.9 Å². The van der Waals surface area contributed by atoms with E-state index in [9.17, 15) is 14.3 Å². The van der Waals surface area contributed by atoms with Crippen LogP contribution in [-0.4, -0.2) is 42.1 Å². The van der Waals surface area contributed by atoms with E-state index in [1.807, 2.05) is 13.8 Å². The highest BCUT2D eigenvalue weighted by Crippen LogP contribution is 2.24. The summed E-state index contributed by atoms with van der Waals surface area (Å²) in [5, 5.41) is 12.7. The number of phenolic OH excluding ortho intramolecular Hbond substituents is 1. The minimum atomic E-state index is -0.902. The Morgan fingerprint density at radius 1 is 1.45 bits per heavy atom. The number of nitrogens with one attached hydrogen (secondary N) is 1. The number of phenols is 1. The summed E-state index contributed by atoms with van der Waals surface area (Å²) in [7, 11) is 0. The molecule has 112 valence electrons. The Bertz CT molecular complexity index is 450. The summed E-state index contributed by atoms with van der Waals surface area (Å²) in [6.07, 6.45) is 0. The predicted octanol–water partition coefficient (Wildman–Crippen LogP) is 0.989. The van der Waals surface area contributed by atoms with Gasteiger partial charge in [0.15, 0.2) is 0 Å². The van der Waals surface area contributed by atoms with Gasteiger partial charge in [0, 0.05) is 18.7 Å². The number of carbonyl (C=O) groups is 1. The standard InChI is InChI=1S/C14H22FN3O2/c1-3-18(4-2)8-7-17-13(14(16)20)11-9-10(15)5-6-12(11)19/h5-6,9,13,17,19H,3-4,7-8H2,1-2H3,(H2,16,20). The van der Waals surface area contributed by atoms with Crippen LogP contribution in [0.15, 0.2) is 18.2 Å². The van der Waals surface area contributed by atoms with Crippen LogP contribution in [0.4, 0.5) is 4.39 Å². The molecule has 0 spiro atoms. The molecule has 5 nitrogen and oxygen atoms in total. The van der Waals surface area contributed by atoms with Gasteiger partial charge < -0.3 is 21.1 Å². The Morgan fingerprint density at radius 3 is 2.65 bits per heavy atom. The maximum atomic E-state index is 13.2. The monoisotopic (exact) mass is 283 g/mol. The summed E-state index contributed by atoms with van der Waals surface area (Å²) >= 11 is 0. The van der Waals surface area contributed by atoms with Gasteiger partial charge in [-0.1, -0.05) is 13.8 Å². The number of rotatable bonds is 8. The zero-order chi connectivity index (χ0) is 15.1. The lowest BCUT2D eigenvalue weighted by atomic mass is 10.0. The second kappa shape index (κ2) is 7.81. The predicted molar refractivity (Wildman–Crippen MR) is 75.8 cm³/mol. The van der Waals surface area contributed by atoms with Crippen molar-refractivity contribution in [2.24, 2.45) is 5.73 Å². The number of likely N-dealkylation sites (N-methyl/N-ethyl adjacent to an activating group) is 1. The lowest BCUT2D eigenvalue weighted by Crippen LogP contribution is -2.38. The number of nitrogens with two attached hydrogens (primary N) is 1. The summed E-state index contributed by atoms with van der Waals surface area (Å²) in [4.78, 5) is 13.7. The molecule has 1 aromatic rings. The molecule has 0 aliphatic heterocycles. The highest BCUT2D eigenvalue weighted by atomic mass is 19.1. The second-order valence-electron chi connectivity index (χ2n) is 4.52. The molecular weight excluding hydrogens is 261 g/mol. The van der Waals surface area contributed by atoms with Crippen molar-refractivity contribution in [1.29, 1.82) is 0 Å². The van der Waals surface area contributed by atoms with Crippen LogP contribution in [0.25, 0.3) is 0 Å². The van der Waals surface area contributed by atoms with E-state index in [0.29, 0.717) is 6.54 Å². The van der Waals surface area contributed by atoms with Crippen molar-refractivity contribution < 1.29 is 14.3 Å². The van der Waals surface area contributed by atoms with Crippen LogP contribution in [0, 0.1) is 5.82 Å². The number of benzene rings is 1. The van der Waals surface area contributed by atoms with Gasteiger partial charge in [-0.25, -0.2) is 4.39 Å². The zero-order valence-electron chi connectivity index (χ0n) is 11.9. The third-order valence-electron chi connectivity index (χ3n) is 3.26. The van der Waals surface area contributed by atoms with E-state index < -0.39 is 17.8 Å². The molecule has 1 amide bonds. The average Bonchev–Trinajstić information content (AvgIpc) is 2.42. The number of hydrogen-bond acceptors (Lipinski definition) is 4. The number of nitrogens with zero attached hydrogens (tertiary/aromatic N) is 1. The molecule has 0 saturated heterocycles. The maximum absolute atomic E-state index is 13.2. The van der Waals surface area contributed by atoms with Crippen molar-refractivity contribution >= 4 is 5.91 Å². The third kappa shape index (κ3) is 4.47. The third-order valence-corrected chi connectivity index (χ3v) is 3.26. The van der Waals surface area contributed by atoms with Crippen LogP contribution in [0.2, 0.25) is 0 Å². The number of amides is 1. The Balaban J connectivity index is 2.75. The number of primary amides is 1. The Labute approximate surface area is 118 Å². The molecule has 0 fully saturated rings. The molecule has 1 aromatic carbocycles. The average molecular weight is 283 g/mol. The minimum Gasteiger partial charge on any atom is -0.508 e. The van der Waals surface area contributed by atoms with E-state index in [1.165, 1.54) is 6.07 Å². The Morgan fingerprint density at radius 2 is 2.10 bits per heavy atom. The van der Waals surface area contributed by atoms with E-state index in [1.54, 1.807) is 0 Å². The molecule has 0 saturated carbocycles.